The van der Waals surface area contributed by atoms with Crippen molar-refractivity contribution < 1.29 is 14.6 Å². The van der Waals surface area contributed by atoms with Gasteiger partial charge in [-0.15, -0.1) is 0 Å². The van der Waals surface area contributed by atoms with Crippen LogP contribution in [-0.2, 0) is 4.74 Å². The normalized spacial score (nSPS) is 15.0. The van der Waals surface area contributed by atoms with Crippen LogP contribution in [0.3, 0.4) is 0 Å². The number of halogens is 1. The second kappa shape index (κ2) is 8.19. The Balaban J connectivity index is 0.000000240. The fourth-order valence-electron chi connectivity index (χ4n) is 1.71. The molecule has 0 saturated carbocycles. The van der Waals surface area contributed by atoms with Crippen LogP contribution in [0.25, 0.3) is 0 Å². The average Bonchev–Trinajstić information content (AvgIpc) is 2.38. The number of ether oxygens (including phenoxy) is 1. The number of carbonyl (C=O) groups is 1. The van der Waals surface area contributed by atoms with Crippen LogP contribution in [0.2, 0.25) is 0 Å². The van der Waals surface area contributed by atoms with E-state index in [1.807, 2.05) is 12.3 Å². The molecule has 2 N–H and O–H groups in total. The monoisotopic (exact) mass is 359 g/mol. The maximum atomic E-state index is 9.79. The van der Waals surface area contributed by atoms with Crippen molar-refractivity contribution in [3.8, 4) is 0 Å². The Kier molecular flexibility index (Phi) is 6.91. The van der Waals surface area contributed by atoms with E-state index in [-0.39, 0.29) is 0 Å². The molecule has 1 saturated heterocycles. The van der Waals surface area contributed by atoms with E-state index in [1.54, 1.807) is 20.8 Å². The Bertz CT molecular complexity index is 440. The van der Waals surface area contributed by atoms with E-state index in [4.69, 9.17) is 5.11 Å². The van der Waals surface area contributed by atoms with Crippen LogP contribution in [0.5, 0.6) is 0 Å². The molecule has 0 bridgehead atoms. The van der Waals surface area contributed by atoms with Gasteiger partial charge in [0.05, 0.1) is 0 Å². The first-order chi connectivity index (χ1) is 9.78. The number of nitrogens with zero attached hydrogens (tertiary/aromatic N) is 2. The van der Waals surface area contributed by atoms with Crippen LogP contribution in [0.4, 0.5) is 10.6 Å². The van der Waals surface area contributed by atoms with Crippen molar-refractivity contribution in [3.63, 3.8) is 0 Å². The highest BCUT2D eigenvalue weighted by atomic mass is 79.9. The van der Waals surface area contributed by atoms with E-state index in [0.717, 1.165) is 36.5 Å². The molecule has 1 aliphatic rings. The molecule has 7 heteroatoms. The van der Waals surface area contributed by atoms with Crippen LogP contribution in [-0.4, -0.2) is 48.0 Å². The summed E-state index contributed by atoms with van der Waals surface area (Å²) >= 11 is 3.38. The molecule has 6 nitrogen and oxygen atoms in total. The van der Waals surface area contributed by atoms with Crippen molar-refractivity contribution >= 4 is 27.9 Å². The maximum Gasteiger partial charge on any atom is 0.506 e. The zero-order chi connectivity index (χ0) is 15.9. The molecule has 0 atom stereocenters. The number of pyridine rings is 1. The SMILES string of the molecule is Brc1ccc(N2CCNCC2)nc1.CC(C)(C)OC(=O)O. The highest BCUT2D eigenvalue weighted by molar-refractivity contribution is 9.10. The molecule has 1 aliphatic heterocycles. The van der Waals surface area contributed by atoms with Gasteiger partial charge in [-0.1, -0.05) is 0 Å². The van der Waals surface area contributed by atoms with Gasteiger partial charge in [-0.3, -0.25) is 0 Å². The molecule has 118 valence electrons. The average molecular weight is 360 g/mol. The van der Waals surface area contributed by atoms with E-state index in [0.29, 0.717) is 0 Å². The van der Waals surface area contributed by atoms with Crippen molar-refractivity contribution in [3.05, 3.63) is 22.8 Å². The topological polar surface area (TPSA) is 74.7 Å². The van der Waals surface area contributed by atoms with E-state index >= 15 is 0 Å². The van der Waals surface area contributed by atoms with E-state index in [1.165, 1.54) is 0 Å². The number of nitrogens with one attached hydrogen (secondary N) is 1. The summed E-state index contributed by atoms with van der Waals surface area (Å²) in [6, 6.07) is 4.08. The van der Waals surface area contributed by atoms with Gasteiger partial charge in [-0.25, -0.2) is 9.78 Å². The third-order valence-electron chi connectivity index (χ3n) is 2.55. The first-order valence-electron chi connectivity index (χ1n) is 6.77. The van der Waals surface area contributed by atoms with Crippen LogP contribution in [0, 0.1) is 0 Å². The molecule has 0 unspecified atom stereocenters. The summed E-state index contributed by atoms with van der Waals surface area (Å²) < 4.78 is 5.39. The molecule has 0 aliphatic carbocycles. The minimum atomic E-state index is -1.22. The molecular weight excluding hydrogens is 338 g/mol. The van der Waals surface area contributed by atoms with Gasteiger partial charge < -0.3 is 20.1 Å². The van der Waals surface area contributed by atoms with Crippen molar-refractivity contribution in [1.29, 1.82) is 0 Å². The predicted molar refractivity (Wildman–Crippen MR) is 85.9 cm³/mol. The Morgan fingerprint density at radius 1 is 1.38 bits per heavy atom. The summed E-state index contributed by atoms with van der Waals surface area (Å²) in [6.07, 6.45) is 0.620. The maximum absolute atomic E-state index is 9.79. The van der Waals surface area contributed by atoms with Gasteiger partial charge in [-0.05, 0) is 48.8 Å². The van der Waals surface area contributed by atoms with Crippen molar-refractivity contribution in [2.45, 2.75) is 26.4 Å². The van der Waals surface area contributed by atoms with Crippen LogP contribution in [0.1, 0.15) is 20.8 Å². The number of anilines is 1. The highest BCUT2D eigenvalue weighted by Crippen LogP contribution is 2.14. The number of rotatable bonds is 1. The fraction of sp³-hybridized carbons (Fsp3) is 0.571. The molecular formula is C14H22BrN3O3. The number of piperazine rings is 1. The van der Waals surface area contributed by atoms with Crippen LogP contribution < -0.4 is 10.2 Å². The summed E-state index contributed by atoms with van der Waals surface area (Å²) in [7, 11) is 0. The molecule has 1 fully saturated rings. The Morgan fingerprint density at radius 2 is 2.00 bits per heavy atom. The largest absolute Gasteiger partial charge is 0.506 e. The number of hydrogen-bond acceptors (Lipinski definition) is 5. The lowest BCUT2D eigenvalue weighted by Crippen LogP contribution is -2.43. The lowest BCUT2D eigenvalue weighted by atomic mass is 10.2. The fourth-order valence-corrected chi connectivity index (χ4v) is 1.95. The zero-order valence-corrected chi connectivity index (χ0v) is 14.2. The van der Waals surface area contributed by atoms with Gasteiger partial charge in [0.1, 0.15) is 11.4 Å². The Morgan fingerprint density at radius 3 is 2.38 bits per heavy atom. The second-order valence-electron chi connectivity index (χ2n) is 5.55. The number of carboxylic acid groups (broad SMARTS) is 1. The van der Waals surface area contributed by atoms with Crippen LogP contribution in [0.15, 0.2) is 22.8 Å². The molecule has 0 radical (unpaired) electrons. The quantitative estimate of drug-likeness (QED) is 0.751. The number of aromatic nitrogens is 1. The van der Waals surface area contributed by atoms with E-state index in [2.05, 4.69) is 41.9 Å². The van der Waals surface area contributed by atoms with Gasteiger partial charge in [0, 0.05) is 36.8 Å². The summed E-state index contributed by atoms with van der Waals surface area (Å²) in [6.45, 7) is 9.25. The lowest BCUT2D eigenvalue weighted by molar-refractivity contribution is 0.0150. The summed E-state index contributed by atoms with van der Waals surface area (Å²) in [5.74, 6) is 1.07. The summed E-state index contributed by atoms with van der Waals surface area (Å²) in [4.78, 5) is 16.4. The van der Waals surface area contributed by atoms with Crippen molar-refractivity contribution in [2.75, 3.05) is 31.1 Å². The molecule has 1 aromatic rings. The molecule has 0 spiro atoms. The predicted octanol–water partition coefficient (Wildman–Crippen LogP) is 2.73. The first-order valence-corrected chi connectivity index (χ1v) is 7.56. The standard InChI is InChI=1S/C9H12BrN3.C5H10O3/c10-8-1-2-9(12-7-8)13-5-3-11-4-6-13;1-5(2,3)8-4(6)7/h1-2,7,11H,3-6H2;1-3H3,(H,6,7). The van der Waals surface area contributed by atoms with Gasteiger partial charge in [-0.2, -0.15) is 0 Å². The molecule has 2 heterocycles. The highest BCUT2D eigenvalue weighted by Gasteiger charge is 2.14. The molecule has 2 rings (SSSR count). The zero-order valence-electron chi connectivity index (χ0n) is 12.6. The van der Waals surface area contributed by atoms with Crippen molar-refractivity contribution in [2.24, 2.45) is 0 Å². The lowest BCUT2D eigenvalue weighted by Gasteiger charge is -2.28. The Hall–Kier alpha value is -1.34. The van der Waals surface area contributed by atoms with Gasteiger partial charge in [0.2, 0.25) is 0 Å². The van der Waals surface area contributed by atoms with Gasteiger partial charge >= 0.3 is 6.16 Å². The first kappa shape index (κ1) is 17.7. The third kappa shape index (κ3) is 7.87. The van der Waals surface area contributed by atoms with Gasteiger partial charge in [0.15, 0.2) is 0 Å². The Labute approximate surface area is 133 Å². The smallest absolute Gasteiger partial charge is 0.450 e. The second-order valence-corrected chi connectivity index (χ2v) is 6.47. The number of hydrogen-bond donors (Lipinski definition) is 2. The van der Waals surface area contributed by atoms with Gasteiger partial charge in [0.25, 0.3) is 0 Å². The summed E-state index contributed by atoms with van der Waals surface area (Å²) in [5.41, 5.74) is -0.578. The van der Waals surface area contributed by atoms with Crippen LogP contribution >= 0.6 is 15.9 Å². The summed E-state index contributed by atoms with van der Waals surface area (Å²) in [5, 5.41) is 11.3. The third-order valence-corrected chi connectivity index (χ3v) is 3.02. The molecule has 0 amide bonds. The molecule has 0 aromatic carbocycles. The molecule has 21 heavy (non-hydrogen) atoms. The van der Waals surface area contributed by atoms with E-state index in [9.17, 15) is 4.79 Å². The minimum Gasteiger partial charge on any atom is -0.450 e. The van der Waals surface area contributed by atoms with E-state index < -0.39 is 11.8 Å². The van der Waals surface area contributed by atoms with Crippen molar-refractivity contribution in [1.82, 2.24) is 10.3 Å². The molecule has 1 aromatic heterocycles. The minimum absolute atomic E-state index is 0.578.